The van der Waals surface area contributed by atoms with Crippen LogP contribution in [0.25, 0.3) is 0 Å². The zero-order chi connectivity index (χ0) is 59.8. The summed E-state index contributed by atoms with van der Waals surface area (Å²) in [5, 5.41) is 0. The van der Waals surface area contributed by atoms with Gasteiger partial charge in [0.25, 0.3) is 0 Å². The quantitative estimate of drug-likeness (QED) is 0.0199. The van der Waals surface area contributed by atoms with Gasteiger partial charge in [-0.1, -0.05) is 244 Å². The van der Waals surface area contributed by atoms with Gasteiger partial charge in [-0.2, -0.15) is 0 Å². The Labute approximate surface area is 497 Å². The number of unbranched alkanes of at least 4 members (excludes halogenated alkanes) is 32. The average molecular weight is 1150 g/mol. The molecule has 0 aliphatic carbocycles. The summed E-state index contributed by atoms with van der Waals surface area (Å²) in [5.74, 6) is -1.35. The molecule has 0 spiro atoms. The third-order valence-corrected chi connectivity index (χ3v) is 16.2. The van der Waals surface area contributed by atoms with E-state index in [1.165, 1.54) is 136 Å². The van der Waals surface area contributed by atoms with Crippen LogP contribution in [-0.2, 0) is 60.7 Å². The molecule has 1 unspecified atom stereocenters. The summed E-state index contributed by atoms with van der Waals surface area (Å²) in [5.41, 5.74) is 3.27. The Morgan fingerprint density at radius 1 is 0.512 bits per heavy atom. The standard InChI is InChI=1S/C69H116O13/c1-8-10-12-14-16-18-20-22-24-28-32-36-40-44-62(71)78-52-58(53-79-63(72)45-41-37-33-29-25-23-21-19-17-15-13-11-9-2)81-65(74)51-56(4)43-39-35-31-27-26-30-34-38-42-46-64(73)82-68-59(49-47-55(3)48-50-61(70)76-6)67(77-7)57(5)60-54-80-69(75)66(60)68/h47,56,58H,8-46,48-54H2,1-7H3/b55-47+. The molecule has 1 aliphatic heterocycles. The molecule has 0 saturated heterocycles. The van der Waals surface area contributed by atoms with Crippen LogP contribution in [0, 0.1) is 12.8 Å². The number of methoxy groups -OCH3 is 2. The molecular weight excluding hydrogens is 1040 g/mol. The van der Waals surface area contributed by atoms with Crippen LogP contribution >= 0.6 is 0 Å². The minimum Gasteiger partial charge on any atom is -0.496 e. The summed E-state index contributed by atoms with van der Waals surface area (Å²) in [6.45, 7) is 10.2. The van der Waals surface area contributed by atoms with Gasteiger partial charge in [-0.05, 0) is 57.4 Å². The molecule has 1 atom stereocenters. The molecule has 82 heavy (non-hydrogen) atoms. The summed E-state index contributed by atoms with van der Waals surface area (Å²) < 4.78 is 38.9. The third kappa shape index (κ3) is 35.7. The van der Waals surface area contributed by atoms with Gasteiger partial charge in [0.2, 0.25) is 0 Å². The lowest BCUT2D eigenvalue weighted by atomic mass is 9.94. The SMILES string of the molecule is CCCCCCCCCCCCCCCC(=O)OCC(COC(=O)CCCCCCCCCCCCCCC)OC(=O)CC(C)CCCCCCCCCCCC(=O)Oc1c(C/C=C(\C)CCC(=O)OC)c(OC)c(C)c2c1C(=O)OC2. The van der Waals surface area contributed by atoms with Crippen LogP contribution in [0.15, 0.2) is 11.6 Å². The molecule has 470 valence electrons. The summed E-state index contributed by atoms with van der Waals surface area (Å²) in [6.07, 6.45) is 45.3. The minimum absolute atomic E-state index is 0.0918. The number of carbonyl (C=O) groups is 6. The zero-order valence-electron chi connectivity index (χ0n) is 53.1. The van der Waals surface area contributed by atoms with E-state index in [2.05, 4.69) is 20.8 Å². The average Bonchev–Trinajstić information content (AvgIpc) is 4.02. The summed E-state index contributed by atoms with van der Waals surface area (Å²) in [7, 11) is 2.92. The second kappa shape index (κ2) is 48.9. The first-order chi connectivity index (χ1) is 39.8. The van der Waals surface area contributed by atoms with Crippen molar-refractivity contribution in [2.75, 3.05) is 27.4 Å². The van der Waals surface area contributed by atoms with Gasteiger partial charge in [0.15, 0.2) is 11.9 Å². The molecule has 0 radical (unpaired) electrons. The number of benzene rings is 1. The van der Waals surface area contributed by atoms with Gasteiger partial charge in [0.1, 0.15) is 31.1 Å². The Hall–Kier alpha value is -4.42. The second-order valence-corrected chi connectivity index (χ2v) is 23.7. The van der Waals surface area contributed by atoms with Crippen LogP contribution in [0.1, 0.15) is 324 Å². The highest BCUT2D eigenvalue weighted by molar-refractivity contribution is 5.99. The van der Waals surface area contributed by atoms with E-state index in [0.717, 1.165) is 107 Å². The number of esters is 6. The summed E-state index contributed by atoms with van der Waals surface area (Å²) in [6, 6.07) is 0. The van der Waals surface area contributed by atoms with E-state index in [4.69, 9.17) is 33.2 Å². The number of rotatable bonds is 54. The monoisotopic (exact) mass is 1150 g/mol. The van der Waals surface area contributed by atoms with Crippen molar-refractivity contribution in [1.29, 1.82) is 0 Å². The van der Waals surface area contributed by atoms with Crippen molar-refractivity contribution < 1.29 is 61.9 Å². The fourth-order valence-corrected chi connectivity index (χ4v) is 10.9. The summed E-state index contributed by atoms with van der Waals surface area (Å²) in [4.78, 5) is 76.6. The van der Waals surface area contributed by atoms with Crippen LogP contribution in [0.2, 0.25) is 0 Å². The molecule has 2 rings (SSSR count). The predicted octanol–water partition coefficient (Wildman–Crippen LogP) is 18.3. The maximum absolute atomic E-state index is 13.2. The number of fused-ring (bicyclic) bond motifs is 1. The minimum atomic E-state index is -0.838. The number of cyclic esters (lactones) is 1. The van der Waals surface area contributed by atoms with E-state index in [-0.39, 0.29) is 80.2 Å². The van der Waals surface area contributed by atoms with Crippen molar-refractivity contribution in [3.8, 4) is 11.5 Å². The topological polar surface area (TPSA) is 167 Å². The van der Waals surface area contributed by atoms with E-state index in [1.807, 2.05) is 19.9 Å². The molecule has 0 amide bonds. The van der Waals surface area contributed by atoms with Crippen LogP contribution in [-0.4, -0.2) is 69.4 Å². The predicted molar refractivity (Wildman–Crippen MR) is 328 cm³/mol. The molecule has 0 aromatic heterocycles. The zero-order valence-corrected chi connectivity index (χ0v) is 53.1. The molecule has 13 nitrogen and oxygen atoms in total. The molecule has 1 aromatic carbocycles. The van der Waals surface area contributed by atoms with Crippen LogP contribution in [0.4, 0.5) is 0 Å². The first-order valence-electron chi connectivity index (χ1n) is 33.2. The second-order valence-electron chi connectivity index (χ2n) is 23.7. The normalized spacial score (nSPS) is 12.5. The Bertz CT molecular complexity index is 1890. The largest absolute Gasteiger partial charge is 0.496 e. The van der Waals surface area contributed by atoms with E-state index < -0.39 is 18.0 Å². The molecule has 0 N–H and O–H groups in total. The highest BCUT2D eigenvalue weighted by atomic mass is 16.6. The van der Waals surface area contributed by atoms with Crippen molar-refractivity contribution in [2.24, 2.45) is 5.92 Å². The third-order valence-electron chi connectivity index (χ3n) is 16.2. The fourth-order valence-electron chi connectivity index (χ4n) is 10.9. The van der Waals surface area contributed by atoms with Crippen LogP contribution < -0.4 is 9.47 Å². The number of allylic oxidation sites excluding steroid dienone is 2. The van der Waals surface area contributed by atoms with Gasteiger partial charge >= 0.3 is 35.8 Å². The first-order valence-corrected chi connectivity index (χ1v) is 33.2. The van der Waals surface area contributed by atoms with Crippen molar-refractivity contribution in [3.05, 3.63) is 33.9 Å². The van der Waals surface area contributed by atoms with E-state index in [0.29, 0.717) is 49.0 Å². The molecule has 0 saturated carbocycles. The highest BCUT2D eigenvalue weighted by Gasteiger charge is 2.34. The van der Waals surface area contributed by atoms with Gasteiger partial charge in [0, 0.05) is 43.2 Å². The molecule has 13 heteroatoms. The lowest BCUT2D eigenvalue weighted by Crippen LogP contribution is -2.31. The van der Waals surface area contributed by atoms with Gasteiger partial charge in [-0.3, -0.25) is 24.0 Å². The fraction of sp³-hybridized carbons (Fsp3) is 0.797. The van der Waals surface area contributed by atoms with E-state index in [9.17, 15) is 28.8 Å². The molecule has 1 heterocycles. The van der Waals surface area contributed by atoms with E-state index in [1.54, 1.807) is 7.11 Å². The first kappa shape index (κ1) is 73.7. The number of carbonyl (C=O) groups excluding carboxylic acids is 6. The molecule has 1 aliphatic rings. The Morgan fingerprint density at radius 3 is 1.35 bits per heavy atom. The van der Waals surface area contributed by atoms with Gasteiger partial charge in [-0.15, -0.1) is 0 Å². The molecule has 1 aromatic rings. The maximum Gasteiger partial charge on any atom is 0.342 e. The van der Waals surface area contributed by atoms with Crippen molar-refractivity contribution in [1.82, 2.24) is 0 Å². The van der Waals surface area contributed by atoms with E-state index >= 15 is 0 Å². The van der Waals surface area contributed by atoms with Crippen molar-refractivity contribution in [2.45, 2.75) is 323 Å². The number of hydrogen-bond donors (Lipinski definition) is 0. The summed E-state index contributed by atoms with van der Waals surface area (Å²) >= 11 is 0. The van der Waals surface area contributed by atoms with Crippen molar-refractivity contribution >= 4 is 35.8 Å². The van der Waals surface area contributed by atoms with Gasteiger partial charge in [0.05, 0.1) is 14.2 Å². The van der Waals surface area contributed by atoms with Gasteiger partial charge in [-0.25, -0.2) is 4.79 Å². The maximum atomic E-state index is 13.2. The Balaban J connectivity index is 1.71. The van der Waals surface area contributed by atoms with Crippen LogP contribution in [0.3, 0.4) is 0 Å². The van der Waals surface area contributed by atoms with Crippen LogP contribution in [0.5, 0.6) is 11.5 Å². The number of ether oxygens (including phenoxy) is 7. The smallest absolute Gasteiger partial charge is 0.342 e. The lowest BCUT2D eigenvalue weighted by molar-refractivity contribution is -0.167. The molecule has 0 fully saturated rings. The lowest BCUT2D eigenvalue weighted by Gasteiger charge is -2.19. The molecule has 0 bridgehead atoms. The molecular formula is C69H116O13. The Morgan fingerprint density at radius 2 is 0.927 bits per heavy atom. The number of hydrogen-bond acceptors (Lipinski definition) is 13. The van der Waals surface area contributed by atoms with Crippen molar-refractivity contribution in [3.63, 3.8) is 0 Å². The Kier molecular flexibility index (Phi) is 43.9. The van der Waals surface area contributed by atoms with Gasteiger partial charge < -0.3 is 33.2 Å². The highest BCUT2D eigenvalue weighted by Crippen LogP contribution is 2.43.